The lowest BCUT2D eigenvalue weighted by atomic mass is 10.1. The molecule has 1 fully saturated rings. The van der Waals surface area contributed by atoms with E-state index in [9.17, 15) is 4.39 Å². The summed E-state index contributed by atoms with van der Waals surface area (Å²) in [6, 6.07) is 8.19. The van der Waals surface area contributed by atoms with Crippen LogP contribution in [0, 0.1) is 5.82 Å². The largest absolute Gasteiger partial charge is 0.466 e. The highest BCUT2D eigenvalue weighted by Gasteiger charge is 2.47. The molecule has 19 heavy (non-hydrogen) atoms. The number of halogens is 2. The number of aromatic nitrogens is 1. The van der Waals surface area contributed by atoms with Crippen LogP contribution < -0.4 is 10.5 Å². The van der Waals surface area contributed by atoms with E-state index < -0.39 is 11.4 Å². The normalized spacial score (nSPS) is 16.1. The minimum Gasteiger partial charge on any atom is -0.466 e. The summed E-state index contributed by atoms with van der Waals surface area (Å²) in [5.41, 5.74) is 6.46. The van der Waals surface area contributed by atoms with Crippen molar-refractivity contribution in [2.45, 2.75) is 18.4 Å². The fourth-order valence-corrected chi connectivity index (χ4v) is 2.11. The van der Waals surface area contributed by atoms with Crippen LogP contribution in [0.4, 0.5) is 10.1 Å². The SMILES string of the molecule is Nc1ccc(OC2(c3ccc(Cl)c(F)c3)CC2)nc1. The molecule has 0 radical (unpaired) electrons. The molecule has 98 valence electrons. The van der Waals surface area contributed by atoms with Crippen molar-refractivity contribution < 1.29 is 9.13 Å². The van der Waals surface area contributed by atoms with Crippen LogP contribution in [0.5, 0.6) is 5.88 Å². The van der Waals surface area contributed by atoms with Crippen LogP contribution >= 0.6 is 11.6 Å². The second kappa shape index (κ2) is 4.38. The van der Waals surface area contributed by atoms with E-state index in [-0.39, 0.29) is 5.02 Å². The maximum Gasteiger partial charge on any atom is 0.214 e. The van der Waals surface area contributed by atoms with E-state index in [0.29, 0.717) is 11.6 Å². The third-order valence-corrected chi connectivity index (χ3v) is 3.52. The van der Waals surface area contributed by atoms with Gasteiger partial charge in [0, 0.05) is 6.07 Å². The Labute approximate surface area is 115 Å². The average molecular weight is 279 g/mol. The summed E-state index contributed by atoms with van der Waals surface area (Å²) in [6.07, 6.45) is 3.20. The molecule has 1 aliphatic rings. The molecular formula is C14H12ClFN2O. The van der Waals surface area contributed by atoms with Gasteiger partial charge in [0.15, 0.2) is 0 Å². The molecule has 0 amide bonds. The van der Waals surface area contributed by atoms with Crippen LogP contribution in [0.3, 0.4) is 0 Å². The molecule has 0 saturated heterocycles. The summed E-state index contributed by atoms with van der Waals surface area (Å²) < 4.78 is 19.4. The summed E-state index contributed by atoms with van der Waals surface area (Å²) in [5, 5.41) is 0.116. The quantitative estimate of drug-likeness (QED) is 0.934. The highest BCUT2D eigenvalue weighted by molar-refractivity contribution is 6.30. The highest BCUT2D eigenvalue weighted by atomic mass is 35.5. The van der Waals surface area contributed by atoms with E-state index in [2.05, 4.69) is 4.98 Å². The molecule has 1 aliphatic carbocycles. The standard InChI is InChI=1S/C14H12ClFN2O/c15-11-3-1-9(7-12(11)16)14(5-6-14)19-13-4-2-10(17)8-18-13/h1-4,7-8H,5-6,17H2. The molecule has 0 bridgehead atoms. The number of benzene rings is 1. The van der Waals surface area contributed by atoms with Gasteiger partial charge in [-0.2, -0.15) is 0 Å². The van der Waals surface area contributed by atoms with Crippen LogP contribution in [0.2, 0.25) is 5.02 Å². The Kier molecular flexibility index (Phi) is 2.82. The zero-order chi connectivity index (χ0) is 13.5. The van der Waals surface area contributed by atoms with E-state index in [4.69, 9.17) is 22.1 Å². The van der Waals surface area contributed by atoms with E-state index >= 15 is 0 Å². The van der Waals surface area contributed by atoms with Gasteiger partial charge in [0.1, 0.15) is 11.4 Å². The molecule has 0 aliphatic heterocycles. The number of rotatable bonds is 3. The van der Waals surface area contributed by atoms with Gasteiger partial charge in [-0.15, -0.1) is 0 Å². The van der Waals surface area contributed by atoms with Crippen molar-refractivity contribution in [2.75, 3.05) is 5.73 Å². The first-order chi connectivity index (χ1) is 9.09. The second-order valence-electron chi connectivity index (χ2n) is 4.66. The van der Waals surface area contributed by atoms with Crippen molar-refractivity contribution in [1.82, 2.24) is 4.98 Å². The van der Waals surface area contributed by atoms with Crippen molar-refractivity contribution in [3.63, 3.8) is 0 Å². The Morgan fingerprint density at radius 1 is 1.26 bits per heavy atom. The molecule has 1 aromatic carbocycles. The zero-order valence-corrected chi connectivity index (χ0v) is 10.8. The third-order valence-electron chi connectivity index (χ3n) is 3.21. The molecule has 3 nitrogen and oxygen atoms in total. The van der Waals surface area contributed by atoms with E-state index in [1.54, 1.807) is 24.3 Å². The lowest BCUT2D eigenvalue weighted by molar-refractivity contribution is 0.172. The summed E-state index contributed by atoms with van der Waals surface area (Å²) in [6.45, 7) is 0. The van der Waals surface area contributed by atoms with Crippen molar-refractivity contribution in [2.24, 2.45) is 0 Å². The van der Waals surface area contributed by atoms with Crippen molar-refractivity contribution >= 4 is 17.3 Å². The molecule has 2 N–H and O–H groups in total. The predicted octanol–water partition coefficient (Wildman–Crippen LogP) is 3.52. The van der Waals surface area contributed by atoms with Gasteiger partial charge in [0.2, 0.25) is 5.88 Å². The Bertz CT molecular complexity index is 611. The lowest BCUT2D eigenvalue weighted by Gasteiger charge is -2.18. The summed E-state index contributed by atoms with van der Waals surface area (Å²) >= 11 is 5.69. The highest BCUT2D eigenvalue weighted by Crippen LogP contribution is 2.49. The van der Waals surface area contributed by atoms with Gasteiger partial charge in [-0.25, -0.2) is 9.37 Å². The van der Waals surface area contributed by atoms with Crippen LogP contribution in [0.1, 0.15) is 18.4 Å². The third kappa shape index (κ3) is 2.36. The molecule has 1 heterocycles. The molecule has 0 spiro atoms. The smallest absolute Gasteiger partial charge is 0.214 e. The fraction of sp³-hybridized carbons (Fsp3) is 0.214. The van der Waals surface area contributed by atoms with Gasteiger partial charge in [-0.3, -0.25) is 0 Å². The van der Waals surface area contributed by atoms with Gasteiger partial charge < -0.3 is 10.5 Å². The number of nitrogens with zero attached hydrogens (tertiary/aromatic N) is 1. The molecular weight excluding hydrogens is 267 g/mol. The summed E-state index contributed by atoms with van der Waals surface area (Å²) in [5.74, 6) is 0.0568. The molecule has 0 atom stereocenters. The Balaban J connectivity index is 1.86. The predicted molar refractivity (Wildman–Crippen MR) is 71.6 cm³/mol. The summed E-state index contributed by atoms with van der Waals surface area (Å²) in [7, 11) is 0. The topological polar surface area (TPSA) is 48.1 Å². The average Bonchev–Trinajstić information content (AvgIpc) is 3.16. The van der Waals surface area contributed by atoms with Crippen molar-refractivity contribution in [3.8, 4) is 5.88 Å². The fourth-order valence-electron chi connectivity index (χ4n) is 2.00. The lowest BCUT2D eigenvalue weighted by Crippen LogP contribution is -2.16. The Morgan fingerprint density at radius 3 is 2.63 bits per heavy atom. The number of nitrogen functional groups attached to an aromatic ring is 1. The van der Waals surface area contributed by atoms with Gasteiger partial charge in [-0.1, -0.05) is 17.7 Å². The number of anilines is 1. The first kappa shape index (κ1) is 12.2. The molecule has 5 heteroatoms. The molecule has 0 unspecified atom stereocenters. The first-order valence-corrected chi connectivity index (χ1v) is 6.33. The minimum absolute atomic E-state index is 0.116. The number of pyridine rings is 1. The van der Waals surface area contributed by atoms with Crippen LogP contribution in [-0.4, -0.2) is 4.98 Å². The minimum atomic E-state index is -0.478. The number of hydrogen-bond donors (Lipinski definition) is 1. The maximum absolute atomic E-state index is 13.5. The summed E-state index contributed by atoms with van der Waals surface area (Å²) in [4.78, 5) is 4.10. The van der Waals surface area contributed by atoms with Gasteiger partial charge in [-0.05, 0) is 36.6 Å². The second-order valence-corrected chi connectivity index (χ2v) is 5.06. The van der Waals surface area contributed by atoms with Crippen molar-refractivity contribution in [1.29, 1.82) is 0 Å². The van der Waals surface area contributed by atoms with E-state index in [1.807, 2.05) is 0 Å². The molecule has 3 rings (SSSR count). The molecule has 1 aromatic heterocycles. The van der Waals surface area contributed by atoms with Crippen LogP contribution in [0.25, 0.3) is 0 Å². The van der Waals surface area contributed by atoms with Crippen LogP contribution in [-0.2, 0) is 5.60 Å². The van der Waals surface area contributed by atoms with Crippen molar-refractivity contribution in [3.05, 3.63) is 52.9 Å². The van der Waals surface area contributed by atoms with Gasteiger partial charge in [0.05, 0.1) is 16.9 Å². The number of nitrogens with two attached hydrogens (primary N) is 1. The Morgan fingerprint density at radius 2 is 2.05 bits per heavy atom. The first-order valence-electron chi connectivity index (χ1n) is 5.95. The monoisotopic (exact) mass is 278 g/mol. The Hall–Kier alpha value is -1.81. The number of ether oxygens (including phenoxy) is 1. The molecule has 1 saturated carbocycles. The molecule has 2 aromatic rings. The van der Waals surface area contributed by atoms with E-state index in [1.165, 1.54) is 12.3 Å². The van der Waals surface area contributed by atoms with Gasteiger partial charge >= 0.3 is 0 Å². The van der Waals surface area contributed by atoms with Crippen LogP contribution in [0.15, 0.2) is 36.5 Å². The zero-order valence-electron chi connectivity index (χ0n) is 10.1. The number of hydrogen-bond acceptors (Lipinski definition) is 3. The van der Waals surface area contributed by atoms with Gasteiger partial charge in [0.25, 0.3) is 0 Å². The maximum atomic E-state index is 13.5. The van der Waals surface area contributed by atoms with E-state index in [0.717, 1.165) is 18.4 Å².